The van der Waals surface area contributed by atoms with Crippen molar-refractivity contribution < 1.29 is 4.74 Å². The van der Waals surface area contributed by atoms with Gasteiger partial charge in [0.1, 0.15) is 0 Å². The molecule has 1 aliphatic rings. The molecule has 0 aliphatic heterocycles. The topological polar surface area (TPSA) is 9.23 Å². The fourth-order valence-electron chi connectivity index (χ4n) is 0.719. The molecule has 0 spiro atoms. The third kappa shape index (κ3) is 2.55. The Morgan fingerprint density at radius 2 is 1.89 bits per heavy atom. The standard InChI is InChI=1S/C7H13ClO/c1-7(2,3)9-6-4-5(6)8/h5-6H,4H2,1-3H3/t5-,6-/m1/s1. The molecule has 9 heavy (non-hydrogen) atoms. The molecule has 0 heterocycles. The fraction of sp³-hybridized carbons (Fsp3) is 1.00. The number of ether oxygens (including phenoxy) is 1. The zero-order valence-corrected chi connectivity index (χ0v) is 6.90. The van der Waals surface area contributed by atoms with Crippen LogP contribution in [0.3, 0.4) is 0 Å². The maximum atomic E-state index is 5.73. The third-order valence-electron chi connectivity index (χ3n) is 1.16. The molecule has 1 fully saturated rings. The fourth-order valence-corrected chi connectivity index (χ4v) is 0.946. The van der Waals surface area contributed by atoms with E-state index in [4.69, 9.17) is 16.3 Å². The Hall–Kier alpha value is 0.250. The monoisotopic (exact) mass is 148 g/mol. The lowest BCUT2D eigenvalue weighted by Crippen LogP contribution is -2.21. The molecule has 0 amide bonds. The molecule has 54 valence electrons. The van der Waals surface area contributed by atoms with E-state index in [0.717, 1.165) is 6.42 Å². The maximum Gasteiger partial charge on any atom is 0.0761 e. The van der Waals surface area contributed by atoms with Crippen LogP contribution in [0.15, 0.2) is 0 Å². The van der Waals surface area contributed by atoms with Crippen molar-refractivity contribution in [2.45, 2.75) is 44.3 Å². The van der Waals surface area contributed by atoms with Crippen LogP contribution in [0.4, 0.5) is 0 Å². The van der Waals surface area contributed by atoms with Crippen molar-refractivity contribution in [3.63, 3.8) is 0 Å². The molecular formula is C7H13ClO. The van der Waals surface area contributed by atoms with Gasteiger partial charge in [-0.3, -0.25) is 0 Å². The molecule has 0 saturated heterocycles. The highest BCUT2D eigenvalue weighted by Crippen LogP contribution is 2.34. The predicted molar refractivity (Wildman–Crippen MR) is 38.9 cm³/mol. The molecule has 0 aromatic carbocycles. The number of halogens is 1. The first kappa shape index (κ1) is 7.36. The summed E-state index contributed by atoms with van der Waals surface area (Å²) in [6, 6.07) is 0. The Balaban J connectivity index is 2.19. The van der Waals surface area contributed by atoms with Gasteiger partial charge in [-0.25, -0.2) is 0 Å². The van der Waals surface area contributed by atoms with Crippen LogP contribution in [0, 0.1) is 0 Å². The minimum absolute atomic E-state index is 0.0195. The van der Waals surface area contributed by atoms with Crippen LogP contribution >= 0.6 is 11.6 Å². The smallest absolute Gasteiger partial charge is 0.0761 e. The molecule has 0 N–H and O–H groups in total. The summed E-state index contributed by atoms with van der Waals surface area (Å²) in [5.41, 5.74) is -0.0195. The SMILES string of the molecule is CC(C)(C)O[C@@H]1C[C@H]1Cl. The van der Waals surface area contributed by atoms with Crippen LogP contribution in [-0.2, 0) is 4.74 Å². The number of hydrogen-bond acceptors (Lipinski definition) is 1. The van der Waals surface area contributed by atoms with Gasteiger partial charge in [0.05, 0.1) is 17.1 Å². The van der Waals surface area contributed by atoms with Gasteiger partial charge in [-0.05, 0) is 27.2 Å². The maximum absolute atomic E-state index is 5.73. The van der Waals surface area contributed by atoms with Crippen LogP contribution in [0.1, 0.15) is 27.2 Å². The number of hydrogen-bond donors (Lipinski definition) is 0. The van der Waals surface area contributed by atoms with Gasteiger partial charge in [-0.15, -0.1) is 11.6 Å². The summed E-state index contributed by atoms with van der Waals surface area (Å²) >= 11 is 5.73. The van der Waals surface area contributed by atoms with Crippen molar-refractivity contribution >= 4 is 11.6 Å². The van der Waals surface area contributed by atoms with Crippen LogP contribution in [-0.4, -0.2) is 17.1 Å². The van der Waals surface area contributed by atoms with Crippen LogP contribution in [0.2, 0.25) is 0 Å². The van der Waals surface area contributed by atoms with Crippen LogP contribution in [0.5, 0.6) is 0 Å². The van der Waals surface area contributed by atoms with Crippen molar-refractivity contribution in [3.8, 4) is 0 Å². The van der Waals surface area contributed by atoms with Crippen molar-refractivity contribution in [3.05, 3.63) is 0 Å². The molecule has 1 aliphatic carbocycles. The molecular weight excluding hydrogens is 136 g/mol. The lowest BCUT2D eigenvalue weighted by Gasteiger charge is -2.18. The van der Waals surface area contributed by atoms with E-state index in [1.807, 2.05) is 0 Å². The Kier molecular flexibility index (Phi) is 1.75. The molecule has 0 unspecified atom stereocenters. The highest BCUT2D eigenvalue weighted by molar-refractivity contribution is 6.23. The molecule has 2 atom stereocenters. The van der Waals surface area contributed by atoms with Gasteiger partial charge in [0.15, 0.2) is 0 Å². The second-order valence-electron chi connectivity index (χ2n) is 3.52. The highest BCUT2D eigenvalue weighted by Gasteiger charge is 2.39. The molecule has 0 bridgehead atoms. The van der Waals surface area contributed by atoms with Gasteiger partial charge in [0.2, 0.25) is 0 Å². The lowest BCUT2D eigenvalue weighted by atomic mass is 10.2. The normalized spacial score (nSPS) is 34.7. The highest BCUT2D eigenvalue weighted by atomic mass is 35.5. The molecule has 2 heteroatoms. The molecule has 1 nitrogen and oxygen atoms in total. The number of rotatable bonds is 1. The first-order chi connectivity index (χ1) is 3.99. The largest absolute Gasteiger partial charge is 0.371 e. The summed E-state index contributed by atoms with van der Waals surface area (Å²) in [4.78, 5) is 0. The Morgan fingerprint density at radius 3 is 2.00 bits per heavy atom. The zero-order chi connectivity index (χ0) is 7.07. The molecule has 1 saturated carbocycles. The van der Waals surface area contributed by atoms with E-state index in [1.54, 1.807) is 0 Å². The van der Waals surface area contributed by atoms with E-state index in [0.29, 0.717) is 6.10 Å². The number of alkyl halides is 1. The Bertz CT molecular complexity index is 106. The van der Waals surface area contributed by atoms with Crippen LogP contribution in [0.25, 0.3) is 0 Å². The average molecular weight is 149 g/mol. The molecule has 1 rings (SSSR count). The average Bonchev–Trinajstić information content (AvgIpc) is 2.13. The van der Waals surface area contributed by atoms with E-state index in [9.17, 15) is 0 Å². The van der Waals surface area contributed by atoms with Gasteiger partial charge in [0, 0.05) is 0 Å². The van der Waals surface area contributed by atoms with Gasteiger partial charge in [0.25, 0.3) is 0 Å². The first-order valence-electron chi connectivity index (χ1n) is 3.31. The lowest BCUT2D eigenvalue weighted by molar-refractivity contribution is -0.0146. The molecule has 0 aromatic rings. The van der Waals surface area contributed by atoms with E-state index in [1.165, 1.54) is 0 Å². The van der Waals surface area contributed by atoms with Crippen molar-refractivity contribution in [1.82, 2.24) is 0 Å². The Morgan fingerprint density at radius 1 is 1.44 bits per heavy atom. The van der Waals surface area contributed by atoms with E-state index in [-0.39, 0.29) is 11.0 Å². The van der Waals surface area contributed by atoms with E-state index < -0.39 is 0 Å². The summed E-state index contributed by atoms with van der Waals surface area (Å²) in [7, 11) is 0. The third-order valence-corrected chi connectivity index (χ3v) is 1.62. The molecule has 0 radical (unpaired) electrons. The van der Waals surface area contributed by atoms with Crippen molar-refractivity contribution in [2.24, 2.45) is 0 Å². The molecule has 0 aromatic heterocycles. The zero-order valence-electron chi connectivity index (χ0n) is 6.15. The van der Waals surface area contributed by atoms with E-state index in [2.05, 4.69) is 20.8 Å². The van der Waals surface area contributed by atoms with E-state index >= 15 is 0 Å². The van der Waals surface area contributed by atoms with Crippen molar-refractivity contribution in [2.75, 3.05) is 0 Å². The van der Waals surface area contributed by atoms with Crippen LogP contribution < -0.4 is 0 Å². The summed E-state index contributed by atoms with van der Waals surface area (Å²) in [6.45, 7) is 6.15. The van der Waals surface area contributed by atoms with Gasteiger partial charge < -0.3 is 4.74 Å². The quantitative estimate of drug-likeness (QED) is 0.518. The van der Waals surface area contributed by atoms with Gasteiger partial charge in [-0.2, -0.15) is 0 Å². The second-order valence-corrected chi connectivity index (χ2v) is 4.08. The van der Waals surface area contributed by atoms with Gasteiger partial charge in [-0.1, -0.05) is 0 Å². The minimum Gasteiger partial charge on any atom is -0.371 e. The first-order valence-corrected chi connectivity index (χ1v) is 3.74. The summed E-state index contributed by atoms with van der Waals surface area (Å²) in [5.74, 6) is 0. The summed E-state index contributed by atoms with van der Waals surface area (Å²) in [5, 5.41) is 0.282. The van der Waals surface area contributed by atoms with Crippen molar-refractivity contribution in [1.29, 1.82) is 0 Å². The second kappa shape index (κ2) is 2.14. The van der Waals surface area contributed by atoms with Gasteiger partial charge >= 0.3 is 0 Å². The predicted octanol–water partition coefficient (Wildman–Crippen LogP) is 2.18. The Labute approximate surface area is 61.3 Å². The summed E-state index contributed by atoms with van der Waals surface area (Å²) < 4.78 is 5.53. The minimum atomic E-state index is -0.0195. The summed E-state index contributed by atoms with van der Waals surface area (Å²) in [6.07, 6.45) is 1.35.